The molecule has 0 fully saturated rings. The molecule has 0 bridgehead atoms. The van der Waals surface area contributed by atoms with E-state index in [2.05, 4.69) is 22.1 Å². The molecule has 4 aromatic rings. The van der Waals surface area contributed by atoms with Crippen LogP contribution in [0.4, 0.5) is 0 Å². The van der Waals surface area contributed by atoms with Crippen molar-refractivity contribution in [3.63, 3.8) is 0 Å². The molecule has 0 saturated heterocycles. The van der Waals surface area contributed by atoms with E-state index in [9.17, 15) is 4.79 Å². The zero-order valence-electron chi connectivity index (χ0n) is 13.2. The van der Waals surface area contributed by atoms with Crippen LogP contribution in [0.3, 0.4) is 0 Å². The maximum Gasteiger partial charge on any atom is 0.231 e. The summed E-state index contributed by atoms with van der Waals surface area (Å²) in [5.74, 6) is 1.14. The van der Waals surface area contributed by atoms with Crippen molar-refractivity contribution in [3.8, 4) is 0 Å². The molecule has 4 rings (SSSR count). The number of aromatic amines is 1. The van der Waals surface area contributed by atoms with Crippen molar-refractivity contribution in [1.29, 1.82) is 0 Å². The van der Waals surface area contributed by atoms with Crippen molar-refractivity contribution in [2.24, 2.45) is 0 Å². The second kappa shape index (κ2) is 6.13. The summed E-state index contributed by atoms with van der Waals surface area (Å²) in [5.41, 5.74) is 3.87. The molecule has 0 atom stereocenters. The third kappa shape index (κ3) is 2.59. The Labute approximate surface area is 143 Å². The van der Waals surface area contributed by atoms with Crippen molar-refractivity contribution in [2.75, 3.05) is 5.75 Å². The van der Waals surface area contributed by atoms with Gasteiger partial charge in [-0.05, 0) is 24.1 Å². The van der Waals surface area contributed by atoms with Crippen LogP contribution < -0.4 is 0 Å². The Morgan fingerprint density at radius 2 is 1.96 bits per heavy atom. The van der Waals surface area contributed by atoms with E-state index in [0.717, 1.165) is 28.2 Å². The fourth-order valence-electron chi connectivity index (χ4n) is 2.68. The lowest BCUT2D eigenvalue weighted by Gasteiger charge is -2.02. The number of hydrogen-bond acceptors (Lipinski definition) is 4. The van der Waals surface area contributed by atoms with Crippen LogP contribution in [0.25, 0.3) is 16.8 Å². The molecule has 0 saturated carbocycles. The Balaban J connectivity index is 1.57. The Bertz CT molecular complexity index is 1020. The first-order valence-electron chi connectivity index (χ1n) is 7.83. The highest BCUT2D eigenvalue weighted by Gasteiger charge is 2.14. The zero-order chi connectivity index (χ0) is 16.5. The number of carbonyl (C=O) groups is 1. The van der Waals surface area contributed by atoms with Gasteiger partial charge in [-0.25, -0.2) is 10.1 Å². The molecule has 2 aromatic carbocycles. The third-order valence-electron chi connectivity index (χ3n) is 4.02. The van der Waals surface area contributed by atoms with E-state index in [1.807, 2.05) is 52.9 Å². The fraction of sp³-hybridized carbons (Fsp3) is 0.167. The summed E-state index contributed by atoms with van der Waals surface area (Å²) >= 11 is 1.42. The Morgan fingerprint density at radius 1 is 1.17 bits per heavy atom. The molecular formula is C18H16N4OS. The summed E-state index contributed by atoms with van der Waals surface area (Å²) in [4.78, 5) is 16.9. The number of rotatable bonds is 5. The van der Waals surface area contributed by atoms with Gasteiger partial charge in [0.2, 0.25) is 5.78 Å². The number of para-hydroxylation sites is 2. The monoisotopic (exact) mass is 336 g/mol. The van der Waals surface area contributed by atoms with Crippen LogP contribution in [0.15, 0.2) is 53.7 Å². The molecule has 120 valence electrons. The topological polar surface area (TPSA) is 63.0 Å². The van der Waals surface area contributed by atoms with Gasteiger partial charge in [0.1, 0.15) is 0 Å². The number of nitrogens with one attached hydrogen (secondary N) is 1. The lowest BCUT2D eigenvalue weighted by Crippen LogP contribution is -2.03. The number of benzene rings is 2. The summed E-state index contributed by atoms with van der Waals surface area (Å²) in [6.07, 6.45) is 0.974. The minimum absolute atomic E-state index is 0.100. The molecule has 0 amide bonds. The van der Waals surface area contributed by atoms with Gasteiger partial charge in [0.15, 0.2) is 10.9 Å². The van der Waals surface area contributed by atoms with Crippen LogP contribution in [-0.4, -0.2) is 31.1 Å². The highest BCUT2D eigenvalue weighted by atomic mass is 32.2. The molecule has 2 heterocycles. The first-order chi connectivity index (χ1) is 11.8. The normalized spacial score (nSPS) is 11.4. The van der Waals surface area contributed by atoms with Gasteiger partial charge >= 0.3 is 0 Å². The predicted molar refractivity (Wildman–Crippen MR) is 95.7 cm³/mol. The summed E-state index contributed by atoms with van der Waals surface area (Å²) in [7, 11) is 0. The number of H-pyrrole nitrogens is 1. The first kappa shape index (κ1) is 15.0. The Hall–Kier alpha value is -2.60. The highest BCUT2D eigenvalue weighted by Crippen LogP contribution is 2.23. The molecule has 0 unspecified atom stereocenters. The van der Waals surface area contributed by atoms with Gasteiger partial charge in [0, 0.05) is 5.56 Å². The third-order valence-corrected chi connectivity index (χ3v) is 4.96. The lowest BCUT2D eigenvalue weighted by molar-refractivity contribution is 0.102. The summed E-state index contributed by atoms with van der Waals surface area (Å²) in [6, 6.07) is 15.7. The maximum absolute atomic E-state index is 12.4. The number of thioether (sulfide) groups is 1. The number of ketones is 1. The minimum Gasteiger partial charge on any atom is -0.293 e. The minimum atomic E-state index is 0.100. The molecule has 0 aliphatic carbocycles. The number of aromatic nitrogens is 4. The smallest absolute Gasteiger partial charge is 0.231 e. The van der Waals surface area contributed by atoms with Crippen LogP contribution in [0, 0.1) is 0 Å². The largest absolute Gasteiger partial charge is 0.293 e. The number of imidazole rings is 1. The maximum atomic E-state index is 12.4. The number of nitrogens with zero attached hydrogens (tertiary/aromatic N) is 3. The molecule has 0 radical (unpaired) electrons. The molecule has 2 aromatic heterocycles. The molecule has 0 spiro atoms. The second-order valence-corrected chi connectivity index (χ2v) is 6.47. The molecule has 6 heteroatoms. The number of hydrogen-bond donors (Lipinski definition) is 1. The number of carbonyl (C=O) groups excluding carboxylic acids is 1. The highest BCUT2D eigenvalue weighted by molar-refractivity contribution is 7.99. The van der Waals surface area contributed by atoms with Gasteiger partial charge in [-0.2, -0.15) is 0 Å². The van der Waals surface area contributed by atoms with Gasteiger partial charge in [0.25, 0.3) is 0 Å². The van der Waals surface area contributed by atoms with Gasteiger partial charge in [-0.15, -0.1) is 5.10 Å². The van der Waals surface area contributed by atoms with Crippen LogP contribution in [0.2, 0.25) is 0 Å². The standard InChI is InChI=1S/C18H16N4OS/c1-2-12-7-9-13(10-8-12)16(23)11-24-18-21-20-17-19-14-5-3-4-6-15(14)22(17)18/h3-10H,2,11H2,1H3,(H,19,20). The summed E-state index contributed by atoms with van der Waals surface area (Å²) < 4.78 is 1.95. The van der Waals surface area contributed by atoms with Gasteiger partial charge < -0.3 is 0 Å². The first-order valence-corrected chi connectivity index (χ1v) is 8.81. The van der Waals surface area contributed by atoms with E-state index in [4.69, 9.17) is 0 Å². The fourth-order valence-corrected chi connectivity index (χ4v) is 3.53. The van der Waals surface area contributed by atoms with Gasteiger partial charge in [-0.3, -0.25) is 9.20 Å². The summed E-state index contributed by atoms with van der Waals surface area (Å²) in [5, 5.41) is 7.96. The van der Waals surface area contributed by atoms with Crippen LogP contribution in [0.1, 0.15) is 22.8 Å². The molecule has 5 nitrogen and oxygen atoms in total. The molecule has 1 N–H and O–H groups in total. The van der Waals surface area contributed by atoms with E-state index in [0.29, 0.717) is 11.5 Å². The zero-order valence-corrected chi connectivity index (χ0v) is 14.0. The van der Waals surface area contributed by atoms with Crippen LogP contribution in [0.5, 0.6) is 0 Å². The quantitative estimate of drug-likeness (QED) is 0.445. The number of Topliss-reactive ketones (excluding diaryl/α,β-unsaturated/α-hetero) is 1. The lowest BCUT2D eigenvalue weighted by atomic mass is 10.1. The molecule has 24 heavy (non-hydrogen) atoms. The molecular weight excluding hydrogens is 320 g/mol. The van der Waals surface area contributed by atoms with Crippen molar-refractivity contribution >= 4 is 34.4 Å². The van der Waals surface area contributed by atoms with E-state index in [-0.39, 0.29) is 5.78 Å². The summed E-state index contributed by atoms with van der Waals surface area (Å²) in [6.45, 7) is 2.10. The number of aryl methyl sites for hydroxylation is 1. The van der Waals surface area contributed by atoms with Crippen LogP contribution in [-0.2, 0) is 6.42 Å². The average molecular weight is 336 g/mol. The van der Waals surface area contributed by atoms with E-state index < -0.39 is 0 Å². The van der Waals surface area contributed by atoms with E-state index in [1.165, 1.54) is 17.3 Å². The Morgan fingerprint density at radius 3 is 2.75 bits per heavy atom. The van der Waals surface area contributed by atoms with Crippen molar-refractivity contribution in [2.45, 2.75) is 18.5 Å². The predicted octanol–water partition coefficient (Wildman–Crippen LogP) is 3.75. The van der Waals surface area contributed by atoms with Crippen molar-refractivity contribution in [3.05, 3.63) is 59.7 Å². The second-order valence-electron chi connectivity index (χ2n) is 5.53. The number of fused-ring (bicyclic) bond motifs is 3. The van der Waals surface area contributed by atoms with E-state index >= 15 is 0 Å². The van der Waals surface area contributed by atoms with Gasteiger partial charge in [-0.1, -0.05) is 55.1 Å². The van der Waals surface area contributed by atoms with Gasteiger partial charge in [0.05, 0.1) is 16.8 Å². The van der Waals surface area contributed by atoms with Crippen molar-refractivity contribution in [1.82, 2.24) is 19.6 Å². The Kier molecular flexibility index (Phi) is 3.82. The van der Waals surface area contributed by atoms with Crippen molar-refractivity contribution < 1.29 is 4.79 Å². The molecule has 0 aliphatic heterocycles. The molecule has 0 aliphatic rings. The average Bonchev–Trinajstić information content (AvgIpc) is 3.19. The van der Waals surface area contributed by atoms with E-state index in [1.54, 1.807) is 0 Å². The van der Waals surface area contributed by atoms with Crippen LogP contribution >= 0.6 is 11.8 Å². The SMILES string of the molecule is CCc1ccc(C(=O)CSc2n[nH]c3nc4ccccc4n23)cc1.